The number of rotatable bonds is 2. The summed E-state index contributed by atoms with van der Waals surface area (Å²) >= 11 is 0. The lowest BCUT2D eigenvalue weighted by molar-refractivity contribution is 0.304. The zero-order chi connectivity index (χ0) is 9.10. The second kappa shape index (κ2) is 3.28. The minimum absolute atomic E-state index is 0.281. The fraction of sp³-hybridized carbons (Fsp3) is 0.143. The minimum atomic E-state index is 0.281. The van der Waals surface area contributed by atoms with Gasteiger partial charge in [-0.1, -0.05) is 5.16 Å². The van der Waals surface area contributed by atoms with Crippen LogP contribution in [0.15, 0.2) is 23.2 Å². The molecule has 0 spiro atoms. The molecule has 2 heterocycles. The van der Waals surface area contributed by atoms with Crippen molar-refractivity contribution in [3.05, 3.63) is 24.3 Å². The van der Waals surface area contributed by atoms with Gasteiger partial charge >= 0.3 is 0 Å². The van der Waals surface area contributed by atoms with E-state index in [0.717, 1.165) is 0 Å². The molecule has 0 radical (unpaired) electrons. The van der Waals surface area contributed by atoms with Crippen LogP contribution in [0.25, 0.3) is 11.4 Å². The number of nitrogens with zero attached hydrogens (tertiary/aromatic N) is 4. The molecule has 2 N–H and O–H groups in total. The van der Waals surface area contributed by atoms with Crippen LogP contribution in [0.2, 0.25) is 0 Å². The molecule has 0 aliphatic carbocycles. The molecule has 66 valence electrons. The van der Waals surface area contributed by atoms with Gasteiger partial charge < -0.3 is 5.73 Å². The van der Waals surface area contributed by atoms with Crippen LogP contribution >= 0.6 is 0 Å². The third kappa shape index (κ3) is 1.38. The summed E-state index contributed by atoms with van der Waals surface area (Å²) in [5.41, 5.74) is 7.26. The van der Waals surface area contributed by atoms with Crippen molar-refractivity contribution in [2.45, 2.75) is 6.54 Å². The number of hydrogen-bond acceptors (Lipinski definition) is 6. The van der Waals surface area contributed by atoms with Crippen LogP contribution in [0.5, 0.6) is 0 Å². The predicted octanol–water partition coefficient (Wildman–Crippen LogP) is -0.0147. The summed E-state index contributed by atoms with van der Waals surface area (Å²) < 4.78 is 4.55. The first-order valence-electron chi connectivity index (χ1n) is 3.69. The van der Waals surface area contributed by atoms with Gasteiger partial charge in [-0.15, -0.1) is 0 Å². The molecule has 0 saturated carbocycles. The first-order chi connectivity index (χ1) is 6.42. The van der Waals surface area contributed by atoms with Gasteiger partial charge in [0.1, 0.15) is 12.0 Å². The number of aromatic nitrogens is 4. The van der Waals surface area contributed by atoms with E-state index >= 15 is 0 Å². The molecular formula is C7H7N5O. The summed E-state index contributed by atoms with van der Waals surface area (Å²) in [7, 11) is 0. The van der Waals surface area contributed by atoms with Crippen LogP contribution in [-0.2, 0) is 6.54 Å². The lowest BCUT2D eigenvalue weighted by Gasteiger charge is -1.93. The fourth-order valence-electron chi connectivity index (χ4n) is 0.966. The first-order valence-corrected chi connectivity index (χ1v) is 3.69. The Bertz CT molecular complexity index is 385. The molecule has 0 aliphatic rings. The van der Waals surface area contributed by atoms with Crippen LogP contribution in [0.4, 0.5) is 0 Å². The molecule has 0 aliphatic heterocycles. The molecule has 13 heavy (non-hydrogen) atoms. The molecule has 0 unspecified atom stereocenters. The average Bonchev–Trinajstić information content (AvgIpc) is 2.67. The molecule has 2 aromatic heterocycles. The second-order valence-corrected chi connectivity index (χ2v) is 2.36. The highest BCUT2D eigenvalue weighted by Gasteiger charge is 2.10. The van der Waals surface area contributed by atoms with Crippen LogP contribution in [0, 0.1) is 0 Å². The summed E-state index contributed by atoms with van der Waals surface area (Å²) in [6.07, 6.45) is 3.06. The van der Waals surface area contributed by atoms with Crippen molar-refractivity contribution >= 4 is 0 Å². The Balaban J connectivity index is 2.47. The first kappa shape index (κ1) is 7.81. The summed E-state index contributed by atoms with van der Waals surface area (Å²) in [4.78, 5) is 7.79. The molecular weight excluding hydrogens is 170 g/mol. The zero-order valence-electron chi connectivity index (χ0n) is 6.71. The van der Waals surface area contributed by atoms with Crippen LogP contribution in [0.3, 0.4) is 0 Å². The quantitative estimate of drug-likeness (QED) is 0.693. The Kier molecular flexibility index (Phi) is 1.97. The normalized spacial score (nSPS) is 10.2. The van der Waals surface area contributed by atoms with E-state index in [2.05, 4.69) is 24.9 Å². The summed E-state index contributed by atoms with van der Waals surface area (Å²) in [5, 5.41) is 7.34. The van der Waals surface area contributed by atoms with Gasteiger partial charge in [0.25, 0.3) is 0 Å². The largest absolute Gasteiger partial charge is 0.325 e. The monoisotopic (exact) mass is 177 g/mol. The van der Waals surface area contributed by atoms with Crippen LogP contribution in [0.1, 0.15) is 5.69 Å². The summed E-state index contributed by atoms with van der Waals surface area (Å²) in [6.45, 7) is 0.281. The van der Waals surface area contributed by atoms with Crippen molar-refractivity contribution < 1.29 is 4.63 Å². The summed E-state index contributed by atoms with van der Waals surface area (Å²) in [5.74, 6) is 0. The van der Waals surface area contributed by atoms with Crippen molar-refractivity contribution in [2.75, 3.05) is 0 Å². The lowest BCUT2D eigenvalue weighted by Crippen LogP contribution is -1.99. The average molecular weight is 177 g/mol. The molecule has 0 atom stereocenters. The second-order valence-electron chi connectivity index (χ2n) is 2.36. The van der Waals surface area contributed by atoms with Crippen molar-refractivity contribution in [1.29, 1.82) is 0 Å². The SMILES string of the molecule is NCc1nonc1-c1ccncn1. The van der Waals surface area contributed by atoms with E-state index < -0.39 is 0 Å². The van der Waals surface area contributed by atoms with Gasteiger partial charge in [0, 0.05) is 12.7 Å². The van der Waals surface area contributed by atoms with Gasteiger partial charge in [-0.3, -0.25) is 0 Å². The maximum absolute atomic E-state index is 5.43. The van der Waals surface area contributed by atoms with E-state index in [1.807, 2.05) is 0 Å². The Hall–Kier alpha value is -1.82. The smallest absolute Gasteiger partial charge is 0.158 e. The van der Waals surface area contributed by atoms with Crippen molar-refractivity contribution in [3.63, 3.8) is 0 Å². The lowest BCUT2D eigenvalue weighted by atomic mass is 10.2. The van der Waals surface area contributed by atoms with Crippen LogP contribution in [-0.4, -0.2) is 20.3 Å². The summed E-state index contributed by atoms with van der Waals surface area (Å²) in [6, 6.07) is 1.72. The van der Waals surface area contributed by atoms with Gasteiger partial charge in [0.15, 0.2) is 5.69 Å². The van der Waals surface area contributed by atoms with Gasteiger partial charge in [-0.05, 0) is 11.2 Å². The predicted molar refractivity (Wildman–Crippen MR) is 43.2 cm³/mol. The van der Waals surface area contributed by atoms with E-state index in [1.54, 1.807) is 12.3 Å². The number of hydrogen-bond donors (Lipinski definition) is 1. The Morgan fingerprint density at radius 2 is 2.31 bits per heavy atom. The van der Waals surface area contributed by atoms with E-state index in [-0.39, 0.29) is 6.54 Å². The van der Waals surface area contributed by atoms with E-state index in [0.29, 0.717) is 17.1 Å². The van der Waals surface area contributed by atoms with E-state index in [1.165, 1.54) is 6.33 Å². The van der Waals surface area contributed by atoms with E-state index in [4.69, 9.17) is 5.73 Å². The van der Waals surface area contributed by atoms with Crippen LogP contribution < -0.4 is 5.73 Å². The van der Waals surface area contributed by atoms with E-state index in [9.17, 15) is 0 Å². The molecule has 0 aromatic carbocycles. The van der Waals surface area contributed by atoms with Crippen molar-refractivity contribution in [2.24, 2.45) is 5.73 Å². The van der Waals surface area contributed by atoms with Crippen molar-refractivity contribution in [3.8, 4) is 11.4 Å². The third-order valence-corrected chi connectivity index (χ3v) is 1.57. The third-order valence-electron chi connectivity index (χ3n) is 1.57. The molecule has 2 aromatic rings. The van der Waals surface area contributed by atoms with Gasteiger partial charge in [-0.2, -0.15) is 0 Å². The van der Waals surface area contributed by atoms with Gasteiger partial charge in [-0.25, -0.2) is 14.6 Å². The topological polar surface area (TPSA) is 90.7 Å². The van der Waals surface area contributed by atoms with Gasteiger partial charge in [0.05, 0.1) is 5.69 Å². The molecule has 0 saturated heterocycles. The zero-order valence-corrected chi connectivity index (χ0v) is 6.71. The molecule has 2 rings (SSSR count). The van der Waals surface area contributed by atoms with Crippen molar-refractivity contribution in [1.82, 2.24) is 20.3 Å². The maximum Gasteiger partial charge on any atom is 0.158 e. The fourth-order valence-corrected chi connectivity index (χ4v) is 0.966. The maximum atomic E-state index is 5.43. The Morgan fingerprint density at radius 3 is 3.00 bits per heavy atom. The molecule has 6 heteroatoms. The minimum Gasteiger partial charge on any atom is -0.325 e. The van der Waals surface area contributed by atoms with Gasteiger partial charge in [0.2, 0.25) is 0 Å². The number of nitrogens with two attached hydrogens (primary N) is 1. The molecule has 0 bridgehead atoms. The Labute approximate surface area is 73.8 Å². The highest BCUT2D eigenvalue weighted by atomic mass is 16.6. The highest BCUT2D eigenvalue weighted by Crippen LogP contribution is 2.15. The standard InChI is InChI=1S/C7H7N5O/c8-3-6-7(12-13-11-6)5-1-2-9-4-10-5/h1-2,4H,3,8H2. The highest BCUT2D eigenvalue weighted by molar-refractivity contribution is 5.54. The Morgan fingerprint density at radius 1 is 1.38 bits per heavy atom. The molecule has 0 fully saturated rings. The molecule has 6 nitrogen and oxygen atoms in total. The molecule has 0 amide bonds.